The maximum absolute atomic E-state index is 11.7. The molecular weight excluding hydrogens is 342 g/mol. The minimum Gasteiger partial charge on any atom is -0.497 e. The van der Waals surface area contributed by atoms with Crippen LogP contribution in [0.5, 0.6) is 5.75 Å². The second-order valence-electron chi connectivity index (χ2n) is 6.95. The Morgan fingerprint density at radius 1 is 1.22 bits per heavy atom. The van der Waals surface area contributed by atoms with Crippen LogP contribution in [0.3, 0.4) is 0 Å². The number of ether oxygens (including phenoxy) is 1. The van der Waals surface area contributed by atoms with Gasteiger partial charge in [-0.2, -0.15) is 0 Å². The highest BCUT2D eigenvalue weighted by atomic mass is 16.5. The van der Waals surface area contributed by atoms with Gasteiger partial charge in [-0.1, -0.05) is 12.1 Å². The number of carbonyl (C=O) groups excluding carboxylic acids is 1. The molecule has 27 heavy (non-hydrogen) atoms. The van der Waals surface area contributed by atoms with Crippen LogP contribution in [0.4, 0.5) is 0 Å². The quantitative estimate of drug-likeness (QED) is 0.532. The molecule has 1 aliphatic heterocycles. The lowest BCUT2D eigenvalue weighted by molar-refractivity contribution is -0.128. The number of guanidine groups is 1. The number of hydrogen-bond acceptors (Lipinski definition) is 4. The Morgan fingerprint density at radius 2 is 1.89 bits per heavy atom. The van der Waals surface area contributed by atoms with Gasteiger partial charge in [0.1, 0.15) is 5.75 Å². The van der Waals surface area contributed by atoms with Gasteiger partial charge in [-0.25, -0.2) is 0 Å². The number of likely N-dealkylation sites (tertiary alicyclic amines) is 1. The van der Waals surface area contributed by atoms with Crippen LogP contribution in [0.25, 0.3) is 0 Å². The highest BCUT2D eigenvalue weighted by Gasteiger charge is 2.23. The molecule has 1 atom stereocenters. The predicted octanol–water partition coefficient (Wildman–Crippen LogP) is 1.48. The third kappa shape index (κ3) is 6.43. The van der Waals surface area contributed by atoms with Gasteiger partial charge < -0.3 is 20.3 Å². The molecule has 1 unspecified atom stereocenters. The van der Waals surface area contributed by atoms with E-state index in [4.69, 9.17) is 4.74 Å². The number of nitrogens with one attached hydrogen (secondary N) is 2. The van der Waals surface area contributed by atoms with Crippen LogP contribution >= 0.6 is 0 Å². The van der Waals surface area contributed by atoms with E-state index in [2.05, 4.69) is 32.7 Å². The SMILES string of the molecule is CN=C(NCCC(=O)N(C)C)NCC(c1ccc(OC)cc1)N1CCCC1. The first-order chi connectivity index (χ1) is 13.0. The molecule has 0 aliphatic carbocycles. The lowest BCUT2D eigenvalue weighted by Crippen LogP contribution is -2.43. The van der Waals surface area contributed by atoms with Crippen LogP contribution in [-0.2, 0) is 4.79 Å². The van der Waals surface area contributed by atoms with Crippen molar-refractivity contribution in [1.82, 2.24) is 20.4 Å². The summed E-state index contributed by atoms with van der Waals surface area (Å²) in [6.07, 6.45) is 2.93. The standard InChI is InChI=1S/C20H33N5O2/c1-21-20(22-12-11-19(26)24(2)3)23-15-18(25-13-5-6-14-25)16-7-9-17(27-4)10-8-16/h7-10,18H,5-6,11-15H2,1-4H3,(H2,21,22,23). The molecule has 1 aliphatic rings. The third-order valence-electron chi connectivity index (χ3n) is 4.90. The normalized spacial score (nSPS) is 16.1. The largest absolute Gasteiger partial charge is 0.497 e. The summed E-state index contributed by atoms with van der Waals surface area (Å²) in [5.41, 5.74) is 1.27. The zero-order chi connectivity index (χ0) is 19.6. The summed E-state index contributed by atoms with van der Waals surface area (Å²) in [7, 11) is 6.97. The van der Waals surface area contributed by atoms with Crippen LogP contribution in [0, 0.1) is 0 Å². The Balaban J connectivity index is 1.94. The summed E-state index contributed by atoms with van der Waals surface area (Å²) in [6.45, 7) is 3.55. The first-order valence-electron chi connectivity index (χ1n) is 9.57. The molecule has 7 nitrogen and oxygen atoms in total. The Bertz CT molecular complexity index is 609. The van der Waals surface area contributed by atoms with Crippen molar-refractivity contribution in [3.8, 4) is 5.75 Å². The van der Waals surface area contributed by atoms with Crippen molar-refractivity contribution in [3.05, 3.63) is 29.8 Å². The van der Waals surface area contributed by atoms with Gasteiger partial charge in [-0.3, -0.25) is 14.7 Å². The number of benzene rings is 1. The van der Waals surface area contributed by atoms with E-state index in [-0.39, 0.29) is 11.9 Å². The van der Waals surface area contributed by atoms with E-state index in [0.717, 1.165) is 31.3 Å². The molecule has 1 aromatic rings. The maximum Gasteiger partial charge on any atom is 0.223 e. The van der Waals surface area contributed by atoms with Gasteiger partial charge in [0.2, 0.25) is 5.91 Å². The van der Waals surface area contributed by atoms with Crippen molar-refractivity contribution in [2.75, 3.05) is 54.4 Å². The molecule has 1 fully saturated rings. The summed E-state index contributed by atoms with van der Waals surface area (Å²) in [6, 6.07) is 8.57. The summed E-state index contributed by atoms with van der Waals surface area (Å²) in [5, 5.41) is 6.64. The number of methoxy groups -OCH3 is 1. The van der Waals surface area contributed by atoms with Crippen molar-refractivity contribution >= 4 is 11.9 Å². The Labute approximate surface area is 162 Å². The average molecular weight is 376 g/mol. The Kier molecular flexibility index (Phi) is 8.39. The van der Waals surface area contributed by atoms with E-state index in [9.17, 15) is 4.79 Å². The summed E-state index contributed by atoms with van der Waals surface area (Å²) in [4.78, 5) is 20.1. The van der Waals surface area contributed by atoms with Gasteiger partial charge in [0, 0.05) is 40.7 Å². The molecule has 2 rings (SSSR count). The second kappa shape index (κ2) is 10.8. The van der Waals surface area contributed by atoms with E-state index in [1.54, 1.807) is 33.2 Å². The van der Waals surface area contributed by atoms with E-state index in [1.165, 1.54) is 18.4 Å². The van der Waals surface area contributed by atoms with Crippen LogP contribution in [-0.4, -0.2) is 76.1 Å². The molecule has 7 heteroatoms. The number of aliphatic imine (C=N–C) groups is 1. The molecule has 0 aromatic heterocycles. The highest BCUT2D eigenvalue weighted by molar-refractivity contribution is 5.81. The summed E-state index contributed by atoms with van der Waals surface area (Å²) >= 11 is 0. The number of amides is 1. The number of carbonyl (C=O) groups is 1. The van der Waals surface area contributed by atoms with Crippen molar-refractivity contribution in [2.24, 2.45) is 4.99 Å². The molecule has 0 spiro atoms. The Hall–Kier alpha value is -2.28. The lowest BCUT2D eigenvalue weighted by Gasteiger charge is -2.29. The van der Waals surface area contributed by atoms with Gasteiger partial charge in [-0.05, 0) is 43.6 Å². The molecule has 2 N–H and O–H groups in total. The van der Waals surface area contributed by atoms with Crippen molar-refractivity contribution in [3.63, 3.8) is 0 Å². The monoisotopic (exact) mass is 375 g/mol. The number of rotatable bonds is 8. The topological polar surface area (TPSA) is 69.2 Å². The van der Waals surface area contributed by atoms with E-state index >= 15 is 0 Å². The van der Waals surface area contributed by atoms with E-state index in [1.807, 2.05) is 12.1 Å². The van der Waals surface area contributed by atoms with Gasteiger partial charge >= 0.3 is 0 Å². The van der Waals surface area contributed by atoms with Gasteiger partial charge in [-0.15, -0.1) is 0 Å². The zero-order valence-corrected chi connectivity index (χ0v) is 17.0. The van der Waals surface area contributed by atoms with E-state index in [0.29, 0.717) is 13.0 Å². The third-order valence-corrected chi connectivity index (χ3v) is 4.90. The van der Waals surface area contributed by atoms with Gasteiger partial charge in [0.05, 0.1) is 13.2 Å². The lowest BCUT2D eigenvalue weighted by atomic mass is 10.1. The zero-order valence-electron chi connectivity index (χ0n) is 17.0. The first kappa shape index (κ1) is 21.0. The molecule has 1 aromatic carbocycles. The van der Waals surface area contributed by atoms with E-state index < -0.39 is 0 Å². The molecule has 1 heterocycles. The van der Waals surface area contributed by atoms with Crippen LogP contribution < -0.4 is 15.4 Å². The predicted molar refractivity (Wildman–Crippen MR) is 109 cm³/mol. The highest BCUT2D eigenvalue weighted by Crippen LogP contribution is 2.26. The van der Waals surface area contributed by atoms with Gasteiger partial charge in [0.15, 0.2) is 5.96 Å². The number of hydrogen-bond donors (Lipinski definition) is 2. The number of nitrogens with zero attached hydrogens (tertiary/aromatic N) is 3. The van der Waals surface area contributed by atoms with Crippen LogP contribution in [0.15, 0.2) is 29.3 Å². The van der Waals surface area contributed by atoms with Crippen molar-refractivity contribution < 1.29 is 9.53 Å². The molecular formula is C20H33N5O2. The molecule has 0 bridgehead atoms. The molecule has 0 saturated carbocycles. The first-order valence-corrected chi connectivity index (χ1v) is 9.57. The fourth-order valence-corrected chi connectivity index (χ4v) is 3.26. The summed E-state index contributed by atoms with van der Waals surface area (Å²) < 4.78 is 5.28. The maximum atomic E-state index is 11.7. The van der Waals surface area contributed by atoms with Gasteiger partial charge in [0.25, 0.3) is 0 Å². The van der Waals surface area contributed by atoms with Crippen molar-refractivity contribution in [2.45, 2.75) is 25.3 Å². The molecule has 1 saturated heterocycles. The molecule has 0 radical (unpaired) electrons. The Morgan fingerprint density at radius 3 is 2.44 bits per heavy atom. The fraction of sp³-hybridized carbons (Fsp3) is 0.600. The minimum atomic E-state index is 0.103. The molecule has 150 valence electrons. The molecule has 1 amide bonds. The second-order valence-corrected chi connectivity index (χ2v) is 6.95. The fourth-order valence-electron chi connectivity index (χ4n) is 3.26. The van der Waals surface area contributed by atoms with Crippen LogP contribution in [0.1, 0.15) is 30.9 Å². The van der Waals surface area contributed by atoms with Crippen molar-refractivity contribution in [1.29, 1.82) is 0 Å². The minimum absolute atomic E-state index is 0.103. The summed E-state index contributed by atoms with van der Waals surface area (Å²) in [5.74, 6) is 1.69. The smallest absolute Gasteiger partial charge is 0.223 e. The average Bonchev–Trinajstić information content (AvgIpc) is 3.21. The van der Waals surface area contributed by atoms with Crippen LogP contribution in [0.2, 0.25) is 0 Å².